The van der Waals surface area contributed by atoms with Gasteiger partial charge in [-0.05, 0) is 62.6 Å². The third kappa shape index (κ3) is 7.62. The van der Waals surface area contributed by atoms with Gasteiger partial charge in [0.15, 0.2) is 11.5 Å². The first-order valence-electron chi connectivity index (χ1n) is 10.1. The van der Waals surface area contributed by atoms with Crippen LogP contribution in [0.5, 0.6) is 11.5 Å². The minimum absolute atomic E-state index is 0.156. The smallest absolute Gasteiger partial charge is 0.244 e. The van der Waals surface area contributed by atoms with Gasteiger partial charge in [-0.3, -0.25) is 4.79 Å². The molecule has 1 amide bonds. The third-order valence-corrected chi connectivity index (χ3v) is 4.14. The number of hydrogen-bond donors (Lipinski definition) is 1. The maximum Gasteiger partial charge on any atom is 0.244 e. The monoisotopic (exact) mass is 397 g/mol. The average molecular weight is 398 g/mol. The molecule has 156 valence electrons. The van der Waals surface area contributed by atoms with Crippen LogP contribution in [0.15, 0.2) is 48.5 Å². The number of amides is 1. The first-order chi connectivity index (χ1) is 14.0. The number of ether oxygens (including phenoxy) is 3. The van der Waals surface area contributed by atoms with Gasteiger partial charge in [-0.15, -0.1) is 0 Å². The molecule has 0 saturated heterocycles. The van der Waals surface area contributed by atoms with Crippen molar-refractivity contribution in [3.8, 4) is 11.5 Å². The molecular formula is C24H31NO4. The molecule has 0 aliphatic rings. The molecule has 1 N–H and O–H groups in total. The summed E-state index contributed by atoms with van der Waals surface area (Å²) >= 11 is 0. The van der Waals surface area contributed by atoms with E-state index in [1.807, 2.05) is 70.2 Å². The van der Waals surface area contributed by atoms with Crippen LogP contribution in [0.25, 0.3) is 6.08 Å². The van der Waals surface area contributed by atoms with Crippen LogP contribution in [0, 0.1) is 0 Å². The molecule has 0 heterocycles. The summed E-state index contributed by atoms with van der Waals surface area (Å²) < 4.78 is 16.9. The number of benzene rings is 2. The Hall–Kier alpha value is -2.79. The number of rotatable bonds is 11. The van der Waals surface area contributed by atoms with Crippen LogP contribution >= 0.6 is 0 Å². The van der Waals surface area contributed by atoms with Crippen LogP contribution < -0.4 is 14.8 Å². The molecule has 2 aromatic rings. The largest absolute Gasteiger partial charge is 0.490 e. The SMILES string of the molecule is CCOc1ccc(/C=C/C(=O)NCc2ccccc2COC(C)C)cc1OCC. The Labute approximate surface area is 173 Å². The third-order valence-electron chi connectivity index (χ3n) is 4.14. The molecule has 0 saturated carbocycles. The maximum atomic E-state index is 12.3. The zero-order valence-corrected chi connectivity index (χ0v) is 17.7. The normalized spacial score (nSPS) is 11.1. The molecule has 0 aromatic heterocycles. The Bertz CT molecular complexity index is 814. The van der Waals surface area contributed by atoms with E-state index in [0.29, 0.717) is 37.9 Å². The van der Waals surface area contributed by atoms with Gasteiger partial charge < -0.3 is 19.5 Å². The van der Waals surface area contributed by atoms with E-state index in [1.54, 1.807) is 6.08 Å². The second kappa shape index (κ2) is 11.9. The van der Waals surface area contributed by atoms with Gasteiger partial charge in [0.25, 0.3) is 0 Å². The lowest BCUT2D eigenvalue weighted by atomic mass is 10.1. The van der Waals surface area contributed by atoms with Gasteiger partial charge in [0.2, 0.25) is 5.91 Å². The highest BCUT2D eigenvalue weighted by Crippen LogP contribution is 2.29. The van der Waals surface area contributed by atoms with E-state index in [-0.39, 0.29) is 12.0 Å². The van der Waals surface area contributed by atoms with E-state index < -0.39 is 0 Å². The molecule has 29 heavy (non-hydrogen) atoms. The zero-order valence-electron chi connectivity index (χ0n) is 17.7. The van der Waals surface area contributed by atoms with E-state index in [4.69, 9.17) is 14.2 Å². The summed E-state index contributed by atoms with van der Waals surface area (Å²) in [6.07, 6.45) is 3.45. The fraction of sp³-hybridized carbons (Fsp3) is 0.375. The fourth-order valence-electron chi connectivity index (χ4n) is 2.71. The number of carbonyl (C=O) groups excluding carboxylic acids is 1. The van der Waals surface area contributed by atoms with Gasteiger partial charge in [0, 0.05) is 12.6 Å². The summed E-state index contributed by atoms with van der Waals surface area (Å²) in [5.74, 6) is 1.23. The molecule has 2 aromatic carbocycles. The Balaban J connectivity index is 1.97. The van der Waals surface area contributed by atoms with E-state index in [0.717, 1.165) is 16.7 Å². The predicted molar refractivity (Wildman–Crippen MR) is 116 cm³/mol. The first kappa shape index (κ1) is 22.5. The molecule has 2 rings (SSSR count). The van der Waals surface area contributed by atoms with Crippen molar-refractivity contribution in [3.63, 3.8) is 0 Å². The lowest BCUT2D eigenvalue weighted by molar-refractivity contribution is -0.116. The van der Waals surface area contributed by atoms with Crippen molar-refractivity contribution in [2.75, 3.05) is 13.2 Å². The molecular weight excluding hydrogens is 366 g/mol. The lowest BCUT2D eigenvalue weighted by Gasteiger charge is -2.12. The predicted octanol–water partition coefficient (Wildman–Crippen LogP) is 4.74. The second-order valence-corrected chi connectivity index (χ2v) is 6.75. The number of nitrogens with one attached hydrogen (secondary N) is 1. The van der Waals surface area contributed by atoms with Crippen molar-refractivity contribution >= 4 is 12.0 Å². The van der Waals surface area contributed by atoms with Crippen LogP contribution in [-0.4, -0.2) is 25.2 Å². The molecule has 5 nitrogen and oxygen atoms in total. The van der Waals surface area contributed by atoms with Crippen molar-refractivity contribution in [1.82, 2.24) is 5.32 Å². The number of carbonyl (C=O) groups is 1. The minimum atomic E-state index is -0.156. The Morgan fingerprint density at radius 3 is 2.38 bits per heavy atom. The van der Waals surface area contributed by atoms with Crippen LogP contribution in [-0.2, 0) is 22.7 Å². The van der Waals surface area contributed by atoms with Crippen LogP contribution in [0.1, 0.15) is 44.4 Å². The first-order valence-corrected chi connectivity index (χ1v) is 10.1. The topological polar surface area (TPSA) is 56.8 Å². The maximum absolute atomic E-state index is 12.3. The average Bonchev–Trinajstić information content (AvgIpc) is 2.71. The van der Waals surface area contributed by atoms with Crippen LogP contribution in [0.4, 0.5) is 0 Å². The van der Waals surface area contributed by atoms with Gasteiger partial charge in [-0.2, -0.15) is 0 Å². The lowest BCUT2D eigenvalue weighted by Crippen LogP contribution is -2.21. The number of hydrogen-bond acceptors (Lipinski definition) is 4. The summed E-state index contributed by atoms with van der Waals surface area (Å²) in [4.78, 5) is 12.3. The Kier molecular flexibility index (Phi) is 9.25. The van der Waals surface area contributed by atoms with Gasteiger partial charge in [-0.25, -0.2) is 0 Å². The molecule has 0 atom stereocenters. The Morgan fingerprint density at radius 2 is 1.69 bits per heavy atom. The van der Waals surface area contributed by atoms with Crippen LogP contribution in [0.2, 0.25) is 0 Å². The molecule has 0 bridgehead atoms. The van der Waals surface area contributed by atoms with Crippen molar-refractivity contribution in [2.45, 2.75) is 47.0 Å². The zero-order chi connectivity index (χ0) is 21.1. The van der Waals surface area contributed by atoms with Crippen molar-refractivity contribution in [3.05, 3.63) is 65.2 Å². The van der Waals surface area contributed by atoms with Crippen LogP contribution in [0.3, 0.4) is 0 Å². The molecule has 0 spiro atoms. The highest BCUT2D eigenvalue weighted by molar-refractivity contribution is 5.91. The van der Waals surface area contributed by atoms with Gasteiger partial charge >= 0.3 is 0 Å². The van der Waals surface area contributed by atoms with E-state index in [9.17, 15) is 4.79 Å². The van der Waals surface area contributed by atoms with Gasteiger partial charge in [0.05, 0.1) is 25.9 Å². The standard InChI is InChI=1S/C24H31NO4/c1-5-27-22-13-11-19(15-23(22)28-6-2)12-14-24(26)25-16-20-9-7-8-10-21(20)17-29-18(3)4/h7-15,18H,5-6,16-17H2,1-4H3,(H,25,26)/b14-12+. The summed E-state index contributed by atoms with van der Waals surface area (Å²) in [7, 11) is 0. The van der Waals surface area contributed by atoms with E-state index >= 15 is 0 Å². The highest BCUT2D eigenvalue weighted by Gasteiger charge is 2.06. The molecule has 0 aliphatic heterocycles. The van der Waals surface area contributed by atoms with E-state index in [1.165, 1.54) is 6.08 Å². The highest BCUT2D eigenvalue weighted by atomic mass is 16.5. The Morgan fingerprint density at radius 1 is 1.00 bits per heavy atom. The summed E-state index contributed by atoms with van der Waals surface area (Å²) in [5.41, 5.74) is 3.01. The molecule has 0 aliphatic carbocycles. The van der Waals surface area contributed by atoms with Crippen molar-refractivity contribution in [2.24, 2.45) is 0 Å². The summed E-state index contributed by atoms with van der Waals surface area (Å²) in [5, 5.41) is 2.93. The second-order valence-electron chi connectivity index (χ2n) is 6.75. The van der Waals surface area contributed by atoms with Gasteiger partial charge in [0.1, 0.15) is 0 Å². The summed E-state index contributed by atoms with van der Waals surface area (Å²) in [6.45, 7) is 9.98. The summed E-state index contributed by atoms with van der Waals surface area (Å²) in [6, 6.07) is 13.6. The fourth-order valence-corrected chi connectivity index (χ4v) is 2.71. The quantitative estimate of drug-likeness (QED) is 0.557. The minimum Gasteiger partial charge on any atom is -0.490 e. The van der Waals surface area contributed by atoms with Crippen molar-refractivity contribution < 1.29 is 19.0 Å². The molecule has 5 heteroatoms. The van der Waals surface area contributed by atoms with E-state index in [2.05, 4.69) is 5.32 Å². The van der Waals surface area contributed by atoms with Crippen molar-refractivity contribution in [1.29, 1.82) is 0 Å². The molecule has 0 unspecified atom stereocenters. The van der Waals surface area contributed by atoms with Gasteiger partial charge in [-0.1, -0.05) is 30.3 Å². The molecule has 0 radical (unpaired) electrons. The molecule has 0 fully saturated rings.